The molecule has 0 aromatic heterocycles. The Bertz CT molecular complexity index is 1360. The van der Waals surface area contributed by atoms with Crippen molar-refractivity contribution in [3.8, 4) is 0 Å². The molecule has 1 aromatic rings. The fraction of sp³-hybridized carbons (Fsp3) is 0.688. The summed E-state index contributed by atoms with van der Waals surface area (Å²) >= 11 is 3.85. The van der Waals surface area contributed by atoms with Gasteiger partial charge in [0.25, 0.3) is 5.90 Å². The van der Waals surface area contributed by atoms with Crippen LogP contribution in [0.1, 0.15) is 54.4 Å². The third kappa shape index (κ3) is 10.8. The zero-order valence-electron chi connectivity index (χ0n) is 28.0. The monoisotopic (exact) mass is 941 g/mol. The molecule has 13 atom stereocenters. The van der Waals surface area contributed by atoms with E-state index in [1.165, 1.54) is 45.0 Å². The number of rotatable bonds is 9. The Morgan fingerprint density at radius 3 is 1.84 bits per heavy atom. The molecular weight excluding hydrogens is 901 g/mol. The first-order valence-corrected chi connectivity index (χ1v) is 18.4. The Kier molecular flexibility index (Phi) is 14.6. The fourth-order valence-corrected chi connectivity index (χ4v) is 7.56. The van der Waals surface area contributed by atoms with Gasteiger partial charge >= 0.3 is 24.1 Å². The maximum atomic E-state index is 14.1. The van der Waals surface area contributed by atoms with Crippen LogP contribution in [0.15, 0.2) is 35.3 Å². The van der Waals surface area contributed by atoms with Gasteiger partial charge in [0.15, 0.2) is 18.7 Å². The van der Waals surface area contributed by atoms with Crippen molar-refractivity contribution in [3.63, 3.8) is 0 Å². The molecule has 3 heterocycles. The van der Waals surface area contributed by atoms with E-state index in [4.69, 9.17) is 42.6 Å². The Morgan fingerprint density at radius 2 is 1.26 bits per heavy atom. The molecule has 0 spiro atoms. The summed E-state index contributed by atoms with van der Waals surface area (Å²) in [6, 6.07) is 7.49. The first-order valence-electron chi connectivity index (χ1n) is 15.9. The molecule has 0 amide bonds. The van der Waals surface area contributed by atoms with Crippen LogP contribution in [0.25, 0.3) is 0 Å². The second-order valence-electron chi connectivity index (χ2n) is 12.0. The predicted molar refractivity (Wildman–Crippen MR) is 185 cm³/mol. The number of benzene rings is 1. The highest BCUT2D eigenvalue weighted by Crippen LogP contribution is 2.39. The molecule has 1 aromatic carbocycles. The minimum absolute atomic E-state index is 0.0178. The summed E-state index contributed by atoms with van der Waals surface area (Å²) in [5.74, 6) is -3.23. The molecule has 280 valence electrons. The smallest absolute Gasteiger partial charge is 0.460 e. The number of hydrogen-bond acceptors (Lipinski definition) is 13. The molecule has 50 heavy (non-hydrogen) atoms. The number of aliphatic imine (C=N–C) groups is 1. The summed E-state index contributed by atoms with van der Waals surface area (Å²) < 4.78 is 93.3. The lowest BCUT2D eigenvalue weighted by Crippen LogP contribution is -2.63. The summed E-state index contributed by atoms with van der Waals surface area (Å²) in [4.78, 5) is 39.5. The number of halogens is 5. The van der Waals surface area contributed by atoms with Gasteiger partial charge in [-0.1, -0.05) is 63.4 Å². The first-order chi connectivity index (χ1) is 23.4. The number of carbonyl (C=O) groups excluding carboxylic acids is 3. The van der Waals surface area contributed by atoms with Gasteiger partial charge in [0.2, 0.25) is 6.29 Å². The summed E-state index contributed by atoms with van der Waals surface area (Å²) in [5.41, 5.74) is 0.0178. The van der Waals surface area contributed by atoms with Crippen molar-refractivity contribution in [1.29, 1.82) is 0 Å². The van der Waals surface area contributed by atoms with Gasteiger partial charge in [-0.3, -0.25) is 14.4 Å². The second kappa shape index (κ2) is 17.8. The molecule has 0 saturated carbocycles. The largest absolute Gasteiger partial charge is 0.468 e. The minimum atomic E-state index is -4.96. The van der Waals surface area contributed by atoms with Crippen LogP contribution in [-0.2, 0) is 57.0 Å². The molecule has 3 aliphatic heterocycles. The van der Waals surface area contributed by atoms with Crippen LogP contribution in [0.3, 0.4) is 0 Å². The second-order valence-corrected chi connectivity index (χ2v) is 14.9. The van der Waals surface area contributed by atoms with Crippen molar-refractivity contribution < 1.29 is 70.2 Å². The number of esters is 3. The SMILES string of the molecule is CC(=O)O[C@H]1[C@H](O[C@H]2CC[C@H](OC(C)=O)[C@H](C)O2)[C@@H](I)[C@H](O[C@H]2[C@H](OC(C)=O)[C@@H](I)C(OC(=Nc3ccccc3)C(F)(F)F)O[C@@H]2C)O[C@@H]1C. The Hall–Kier alpha value is -1.85. The standard InChI is InChI=1S/C32H40F3I2NO12/c1-14-21(45-17(4)39)12-13-22(42-14)48-28-24(37)29(43-15(2)25(28)46-18(5)40)49-26-16(3)44-30(23(36)27(26)47-19(6)41)50-31(32(33,34)35)38-20-10-8-7-9-11-20/h7-11,14-16,21-30H,12-13H2,1-6H3/t14-,15+,16+,21-,22-,23+,24+,25+,26+,27+,28+,29-,30?/m0/s1. The number of alkyl halides is 5. The van der Waals surface area contributed by atoms with Crippen molar-refractivity contribution in [2.24, 2.45) is 4.99 Å². The topological polar surface area (TPSA) is 147 Å². The van der Waals surface area contributed by atoms with Gasteiger partial charge < -0.3 is 42.6 Å². The summed E-state index contributed by atoms with van der Waals surface area (Å²) in [5, 5.41) is 0. The van der Waals surface area contributed by atoms with Crippen molar-refractivity contribution in [1.82, 2.24) is 0 Å². The normalized spacial score (nSPS) is 36.6. The highest BCUT2D eigenvalue weighted by Gasteiger charge is 2.54. The van der Waals surface area contributed by atoms with E-state index in [2.05, 4.69) is 4.99 Å². The van der Waals surface area contributed by atoms with Crippen molar-refractivity contribution in [3.05, 3.63) is 30.3 Å². The quantitative estimate of drug-likeness (QED) is 0.0772. The molecule has 4 rings (SSSR count). The van der Waals surface area contributed by atoms with E-state index < -0.39 is 106 Å². The van der Waals surface area contributed by atoms with Gasteiger partial charge in [0.05, 0.1) is 27.9 Å². The van der Waals surface area contributed by atoms with E-state index in [0.717, 1.165) is 0 Å². The van der Waals surface area contributed by atoms with Crippen molar-refractivity contribution >= 4 is 74.7 Å². The van der Waals surface area contributed by atoms with E-state index in [-0.39, 0.29) is 5.69 Å². The zero-order valence-corrected chi connectivity index (χ0v) is 32.4. The Balaban J connectivity index is 1.54. The summed E-state index contributed by atoms with van der Waals surface area (Å²) in [7, 11) is 0. The highest BCUT2D eigenvalue weighted by molar-refractivity contribution is 14.1. The number of hydrogen-bond donors (Lipinski definition) is 0. The van der Waals surface area contributed by atoms with E-state index in [9.17, 15) is 27.6 Å². The number of para-hydroxylation sites is 1. The van der Waals surface area contributed by atoms with Crippen LogP contribution < -0.4 is 0 Å². The van der Waals surface area contributed by atoms with E-state index in [0.29, 0.717) is 12.8 Å². The highest BCUT2D eigenvalue weighted by atomic mass is 127. The first kappa shape index (κ1) is 40.9. The Morgan fingerprint density at radius 1 is 0.700 bits per heavy atom. The molecule has 0 aliphatic carbocycles. The van der Waals surface area contributed by atoms with Crippen molar-refractivity contribution in [2.75, 3.05) is 0 Å². The van der Waals surface area contributed by atoms with Gasteiger partial charge in [-0.25, -0.2) is 4.99 Å². The average molecular weight is 941 g/mol. The Labute approximate surface area is 314 Å². The van der Waals surface area contributed by atoms with Gasteiger partial charge in [0, 0.05) is 27.2 Å². The summed E-state index contributed by atoms with van der Waals surface area (Å²) in [6.07, 6.45) is -14.0. The molecule has 3 aliphatic rings. The molecule has 3 saturated heterocycles. The van der Waals surface area contributed by atoms with Crippen molar-refractivity contribution in [2.45, 2.75) is 136 Å². The van der Waals surface area contributed by atoms with Crippen LogP contribution in [-0.4, -0.2) is 106 Å². The summed E-state index contributed by atoms with van der Waals surface area (Å²) in [6.45, 7) is 8.72. The molecule has 3 fully saturated rings. The lowest BCUT2D eigenvalue weighted by atomic mass is 9.99. The van der Waals surface area contributed by atoms with E-state index in [1.807, 2.05) is 22.6 Å². The third-order valence-electron chi connectivity index (χ3n) is 7.97. The zero-order chi connectivity index (χ0) is 36.9. The number of ether oxygens (including phenoxy) is 9. The minimum Gasteiger partial charge on any atom is -0.460 e. The molecule has 1 unspecified atom stereocenters. The molecule has 18 heteroatoms. The average Bonchev–Trinajstić information content (AvgIpc) is 3.01. The lowest BCUT2D eigenvalue weighted by Gasteiger charge is -2.48. The van der Waals surface area contributed by atoms with Gasteiger partial charge in [-0.15, -0.1) is 0 Å². The third-order valence-corrected chi connectivity index (χ3v) is 10.6. The molecule has 0 bridgehead atoms. The predicted octanol–water partition coefficient (Wildman–Crippen LogP) is 5.48. The van der Waals surface area contributed by atoms with Gasteiger partial charge in [-0.05, 0) is 39.3 Å². The molecule has 13 nitrogen and oxygen atoms in total. The molecular formula is C32H40F3I2NO12. The maximum absolute atomic E-state index is 14.1. The van der Waals surface area contributed by atoms with Crippen LogP contribution in [0, 0.1) is 0 Å². The lowest BCUT2D eigenvalue weighted by molar-refractivity contribution is -0.319. The van der Waals surface area contributed by atoms with Gasteiger partial charge in [0.1, 0.15) is 28.3 Å². The number of nitrogens with zero attached hydrogens (tertiary/aromatic N) is 1. The van der Waals surface area contributed by atoms with Crippen LogP contribution in [0.4, 0.5) is 18.9 Å². The van der Waals surface area contributed by atoms with Gasteiger partial charge in [-0.2, -0.15) is 13.2 Å². The van der Waals surface area contributed by atoms with Crippen LogP contribution in [0.5, 0.6) is 0 Å². The molecule has 0 radical (unpaired) electrons. The van der Waals surface area contributed by atoms with Crippen LogP contribution >= 0.6 is 45.2 Å². The number of carbonyl (C=O) groups is 3. The fourth-order valence-electron chi connectivity index (χ4n) is 5.77. The molecule has 0 N–H and O–H groups in total. The van der Waals surface area contributed by atoms with E-state index >= 15 is 0 Å². The maximum Gasteiger partial charge on any atom is 0.468 e. The van der Waals surface area contributed by atoms with E-state index in [1.54, 1.807) is 49.4 Å². The van der Waals surface area contributed by atoms with Crippen LogP contribution in [0.2, 0.25) is 0 Å².